The van der Waals surface area contributed by atoms with Gasteiger partial charge in [-0.25, -0.2) is 0 Å². The summed E-state index contributed by atoms with van der Waals surface area (Å²) >= 11 is 0. The summed E-state index contributed by atoms with van der Waals surface area (Å²) in [5.41, 5.74) is 3.24. The second-order valence-corrected chi connectivity index (χ2v) is 7.21. The highest BCUT2D eigenvalue weighted by Crippen LogP contribution is 2.35. The van der Waals surface area contributed by atoms with Gasteiger partial charge in [-0.3, -0.25) is 9.69 Å². The molecule has 0 saturated carbocycles. The van der Waals surface area contributed by atoms with Crippen molar-refractivity contribution >= 4 is 35.7 Å². The van der Waals surface area contributed by atoms with Crippen LogP contribution in [0.4, 0.5) is 5.69 Å². The maximum absolute atomic E-state index is 12.5. The number of hydrogen-bond donors (Lipinski definition) is 1. The maximum atomic E-state index is 12.5. The largest absolute Gasteiger partial charge is 0.497 e. The van der Waals surface area contributed by atoms with Crippen molar-refractivity contribution in [2.45, 2.75) is 19.3 Å². The van der Waals surface area contributed by atoms with Crippen molar-refractivity contribution in [1.82, 2.24) is 4.90 Å². The first-order valence-corrected chi connectivity index (χ1v) is 9.90. The quantitative estimate of drug-likeness (QED) is 0.708. The topological polar surface area (TPSA) is 50.8 Å². The zero-order valence-electron chi connectivity index (χ0n) is 16.6. The molecule has 154 valence electrons. The number of piperidine rings is 1. The standard InChI is InChI=1S/C23H26N2O3.ClH/c1-27-18-9-10-22(28-14-13-25-11-5-2-6-12-25)17(15-18)16-20-19-7-3-4-8-21(19)24-23(20)26;/h3-4,7-10,15-16H,2,5-6,11-14H2,1H3,(H,24,26);1H/b20-16+;. The Balaban J connectivity index is 0.00000240. The molecule has 1 N–H and O–H groups in total. The van der Waals surface area contributed by atoms with E-state index in [0.29, 0.717) is 12.2 Å². The van der Waals surface area contributed by atoms with Gasteiger partial charge in [-0.05, 0) is 56.3 Å². The molecule has 0 radical (unpaired) electrons. The van der Waals surface area contributed by atoms with E-state index in [1.54, 1.807) is 7.11 Å². The van der Waals surface area contributed by atoms with E-state index in [1.807, 2.05) is 48.5 Å². The fraction of sp³-hybridized carbons (Fsp3) is 0.348. The predicted octanol–water partition coefficient (Wildman–Crippen LogP) is 4.47. The highest BCUT2D eigenvalue weighted by Gasteiger charge is 2.24. The van der Waals surface area contributed by atoms with Crippen LogP contribution >= 0.6 is 12.4 Å². The zero-order chi connectivity index (χ0) is 19.3. The van der Waals surface area contributed by atoms with Gasteiger partial charge in [0.15, 0.2) is 0 Å². The van der Waals surface area contributed by atoms with Crippen LogP contribution in [0.25, 0.3) is 11.6 Å². The number of ether oxygens (including phenoxy) is 2. The van der Waals surface area contributed by atoms with Crippen LogP contribution in [0.3, 0.4) is 0 Å². The summed E-state index contributed by atoms with van der Waals surface area (Å²) in [6, 6.07) is 13.4. The van der Waals surface area contributed by atoms with Gasteiger partial charge >= 0.3 is 0 Å². The summed E-state index contributed by atoms with van der Waals surface area (Å²) in [6.45, 7) is 3.86. The molecule has 5 nitrogen and oxygen atoms in total. The number of nitrogens with zero attached hydrogens (tertiary/aromatic N) is 1. The van der Waals surface area contributed by atoms with Gasteiger partial charge in [0.1, 0.15) is 18.1 Å². The molecule has 6 heteroatoms. The summed E-state index contributed by atoms with van der Waals surface area (Å²) in [4.78, 5) is 14.9. The van der Waals surface area contributed by atoms with E-state index in [0.717, 1.165) is 47.9 Å². The molecular formula is C23H27ClN2O3. The number of halogens is 1. The SMILES string of the molecule is COc1ccc(OCCN2CCCCC2)c(/C=C2/C(=O)Nc3ccccc32)c1.Cl. The van der Waals surface area contributed by atoms with Crippen LogP contribution in [0.5, 0.6) is 11.5 Å². The Hall–Kier alpha value is -2.50. The molecule has 4 rings (SSSR count). The fourth-order valence-electron chi connectivity index (χ4n) is 3.80. The number of carbonyl (C=O) groups excluding carboxylic acids is 1. The summed E-state index contributed by atoms with van der Waals surface area (Å²) in [5, 5.41) is 2.92. The van der Waals surface area contributed by atoms with Crippen molar-refractivity contribution in [2.24, 2.45) is 0 Å². The summed E-state index contributed by atoms with van der Waals surface area (Å²) in [5.74, 6) is 1.41. The van der Waals surface area contributed by atoms with Gasteiger partial charge in [0.2, 0.25) is 0 Å². The Morgan fingerprint density at radius 3 is 2.69 bits per heavy atom. The molecule has 0 aliphatic carbocycles. The van der Waals surface area contributed by atoms with Crippen LogP contribution in [0, 0.1) is 0 Å². The van der Waals surface area contributed by atoms with E-state index >= 15 is 0 Å². The van der Waals surface area contributed by atoms with Crippen molar-refractivity contribution in [2.75, 3.05) is 38.7 Å². The Morgan fingerprint density at radius 1 is 1.10 bits per heavy atom. The number of carbonyl (C=O) groups is 1. The monoisotopic (exact) mass is 414 g/mol. The molecule has 1 saturated heterocycles. The van der Waals surface area contributed by atoms with E-state index in [-0.39, 0.29) is 18.3 Å². The van der Waals surface area contributed by atoms with Gasteiger partial charge in [-0.15, -0.1) is 12.4 Å². The van der Waals surface area contributed by atoms with Gasteiger partial charge in [0.25, 0.3) is 5.91 Å². The normalized spacial score (nSPS) is 17.4. The number of likely N-dealkylation sites (tertiary alicyclic amines) is 1. The number of nitrogens with one attached hydrogen (secondary N) is 1. The number of methoxy groups -OCH3 is 1. The Labute approximate surface area is 178 Å². The van der Waals surface area contributed by atoms with E-state index in [9.17, 15) is 4.79 Å². The van der Waals surface area contributed by atoms with Gasteiger partial charge in [0, 0.05) is 28.9 Å². The minimum Gasteiger partial charge on any atom is -0.497 e. The second kappa shape index (κ2) is 9.81. The van der Waals surface area contributed by atoms with E-state index in [4.69, 9.17) is 9.47 Å². The summed E-state index contributed by atoms with van der Waals surface area (Å²) < 4.78 is 11.5. The lowest BCUT2D eigenvalue weighted by molar-refractivity contribution is -0.110. The van der Waals surface area contributed by atoms with E-state index in [1.165, 1.54) is 19.3 Å². The van der Waals surface area contributed by atoms with Crippen LogP contribution < -0.4 is 14.8 Å². The van der Waals surface area contributed by atoms with Crippen LogP contribution in [-0.4, -0.2) is 44.2 Å². The Kier molecular flexibility index (Phi) is 7.18. The predicted molar refractivity (Wildman–Crippen MR) is 119 cm³/mol. The van der Waals surface area contributed by atoms with Crippen LogP contribution in [0.1, 0.15) is 30.4 Å². The molecule has 0 bridgehead atoms. The first kappa shape index (κ1) is 21.2. The molecule has 2 aliphatic rings. The molecule has 1 fully saturated rings. The third-order valence-electron chi connectivity index (χ3n) is 5.34. The number of amides is 1. The minimum absolute atomic E-state index is 0. The van der Waals surface area contributed by atoms with Gasteiger partial charge in [-0.2, -0.15) is 0 Å². The first-order valence-electron chi connectivity index (χ1n) is 9.90. The molecular weight excluding hydrogens is 388 g/mol. The fourth-order valence-corrected chi connectivity index (χ4v) is 3.80. The molecule has 2 aromatic rings. The smallest absolute Gasteiger partial charge is 0.256 e. The molecule has 2 heterocycles. The lowest BCUT2D eigenvalue weighted by Crippen LogP contribution is -2.33. The molecule has 2 aromatic carbocycles. The molecule has 0 aromatic heterocycles. The number of fused-ring (bicyclic) bond motifs is 1. The number of para-hydroxylation sites is 1. The Bertz CT molecular complexity index is 891. The van der Waals surface area contributed by atoms with Gasteiger partial charge in [-0.1, -0.05) is 24.6 Å². The number of benzene rings is 2. The number of hydrogen-bond acceptors (Lipinski definition) is 4. The van der Waals surface area contributed by atoms with Crippen molar-refractivity contribution in [3.05, 3.63) is 53.6 Å². The number of rotatable bonds is 6. The molecule has 2 aliphatic heterocycles. The van der Waals surface area contributed by atoms with Crippen LogP contribution in [-0.2, 0) is 4.79 Å². The van der Waals surface area contributed by atoms with Gasteiger partial charge in [0.05, 0.1) is 7.11 Å². The van der Waals surface area contributed by atoms with Gasteiger partial charge < -0.3 is 14.8 Å². The van der Waals surface area contributed by atoms with Crippen LogP contribution in [0.2, 0.25) is 0 Å². The number of anilines is 1. The third-order valence-corrected chi connectivity index (χ3v) is 5.34. The lowest BCUT2D eigenvalue weighted by atomic mass is 10.0. The minimum atomic E-state index is -0.0942. The molecule has 0 unspecified atom stereocenters. The summed E-state index contributed by atoms with van der Waals surface area (Å²) in [6.07, 6.45) is 5.76. The second-order valence-electron chi connectivity index (χ2n) is 7.21. The molecule has 0 spiro atoms. The van der Waals surface area contributed by atoms with E-state index in [2.05, 4.69) is 10.2 Å². The molecule has 0 atom stereocenters. The molecule has 1 amide bonds. The zero-order valence-corrected chi connectivity index (χ0v) is 17.5. The highest BCUT2D eigenvalue weighted by molar-refractivity contribution is 6.35. The lowest BCUT2D eigenvalue weighted by Gasteiger charge is -2.26. The summed E-state index contributed by atoms with van der Waals surface area (Å²) in [7, 11) is 1.64. The van der Waals surface area contributed by atoms with Crippen molar-refractivity contribution in [3.63, 3.8) is 0 Å². The first-order chi connectivity index (χ1) is 13.7. The van der Waals surface area contributed by atoms with E-state index < -0.39 is 0 Å². The van der Waals surface area contributed by atoms with Crippen molar-refractivity contribution < 1.29 is 14.3 Å². The average molecular weight is 415 g/mol. The molecule has 29 heavy (non-hydrogen) atoms. The Morgan fingerprint density at radius 2 is 1.90 bits per heavy atom. The van der Waals surface area contributed by atoms with Crippen molar-refractivity contribution in [1.29, 1.82) is 0 Å². The third kappa shape index (κ3) is 4.92. The average Bonchev–Trinajstić information content (AvgIpc) is 3.05. The van der Waals surface area contributed by atoms with Crippen molar-refractivity contribution in [3.8, 4) is 11.5 Å². The highest BCUT2D eigenvalue weighted by atomic mass is 35.5. The van der Waals surface area contributed by atoms with Crippen LogP contribution in [0.15, 0.2) is 42.5 Å². The maximum Gasteiger partial charge on any atom is 0.256 e.